The van der Waals surface area contributed by atoms with Crippen LogP contribution in [0.4, 0.5) is 5.82 Å². The molecule has 2 aromatic heterocycles. The highest BCUT2D eigenvalue weighted by Crippen LogP contribution is 2.18. The number of aromatic nitrogens is 3. The van der Waals surface area contributed by atoms with Crippen molar-refractivity contribution in [2.45, 2.75) is 18.9 Å². The summed E-state index contributed by atoms with van der Waals surface area (Å²) in [5.74, 6) is 0.926. The Morgan fingerprint density at radius 2 is 2.21 bits per heavy atom. The number of amides is 1. The molecule has 24 heavy (non-hydrogen) atoms. The highest BCUT2D eigenvalue weighted by molar-refractivity contribution is 5.97. The van der Waals surface area contributed by atoms with Crippen LogP contribution in [-0.2, 0) is 0 Å². The van der Waals surface area contributed by atoms with E-state index in [0.29, 0.717) is 5.56 Å². The van der Waals surface area contributed by atoms with Gasteiger partial charge in [0.25, 0.3) is 5.91 Å². The largest absolute Gasteiger partial charge is 0.355 e. The second kappa shape index (κ2) is 6.31. The van der Waals surface area contributed by atoms with Crippen molar-refractivity contribution < 1.29 is 4.79 Å². The number of aromatic amines is 1. The molecule has 1 aliphatic heterocycles. The van der Waals surface area contributed by atoms with Crippen LogP contribution in [0.25, 0.3) is 11.0 Å². The maximum Gasteiger partial charge on any atom is 0.251 e. The van der Waals surface area contributed by atoms with Gasteiger partial charge in [-0.2, -0.15) is 0 Å². The second-order valence-electron chi connectivity index (χ2n) is 6.08. The van der Waals surface area contributed by atoms with E-state index in [1.165, 1.54) is 0 Å². The molecule has 1 fully saturated rings. The Balaban J connectivity index is 1.45. The van der Waals surface area contributed by atoms with Gasteiger partial charge in [0.05, 0.1) is 17.4 Å². The van der Waals surface area contributed by atoms with Crippen molar-refractivity contribution in [1.29, 1.82) is 0 Å². The number of nitrogens with zero attached hydrogens (tertiary/aromatic N) is 3. The molecule has 0 aliphatic carbocycles. The van der Waals surface area contributed by atoms with Crippen molar-refractivity contribution >= 4 is 22.8 Å². The second-order valence-corrected chi connectivity index (χ2v) is 6.08. The van der Waals surface area contributed by atoms with Crippen LogP contribution in [-0.4, -0.2) is 40.0 Å². The van der Waals surface area contributed by atoms with Crippen molar-refractivity contribution in [2.75, 3.05) is 18.0 Å². The number of rotatable bonds is 3. The highest BCUT2D eigenvalue weighted by Gasteiger charge is 2.22. The van der Waals surface area contributed by atoms with E-state index < -0.39 is 0 Å². The number of hydrogen-bond donors (Lipinski definition) is 2. The zero-order valence-corrected chi connectivity index (χ0v) is 13.3. The van der Waals surface area contributed by atoms with E-state index in [1.54, 1.807) is 12.5 Å². The van der Waals surface area contributed by atoms with Gasteiger partial charge in [0.15, 0.2) is 0 Å². The monoisotopic (exact) mass is 321 g/mol. The quantitative estimate of drug-likeness (QED) is 0.776. The van der Waals surface area contributed by atoms with Gasteiger partial charge in [-0.15, -0.1) is 0 Å². The fraction of sp³-hybridized carbons (Fsp3) is 0.278. The predicted molar refractivity (Wildman–Crippen MR) is 93.0 cm³/mol. The van der Waals surface area contributed by atoms with Crippen LogP contribution in [0.15, 0.2) is 48.9 Å². The van der Waals surface area contributed by atoms with Crippen molar-refractivity contribution in [1.82, 2.24) is 20.3 Å². The average molecular weight is 321 g/mol. The van der Waals surface area contributed by atoms with E-state index in [2.05, 4.69) is 25.2 Å². The van der Waals surface area contributed by atoms with Crippen molar-refractivity contribution in [3.63, 3.8) is 0 Å². The number of pyridine rings is 1. The Labute approximate surface area is 139 Å². The van der Waals surface area contributed by atoms with Crippen LogP contribution < -0.4 is 10.2 Å². The van der Waals surface area contributed by atoms with E-state index in [0.717, 1.165) is 42.8 Å². The van der Waals surface area contributed by atoms with Gasteiger partial charge in [-0.25, -0.2) is 9.97 Å². The van der Waals surface area contributed by atoms with Crippen LogP contribution in [0.5, 0.6) is 0 Å². The summed E-state index contributed by atoms with van der Waals surface area (Å²) in [5, 5.41) is 3.15. The number of hydrogen-bond acceptors (Lipinski definition) is 4. The van der Waals surface area contributed by atoms with Gasteiger partial charge >= 0.3 is 0 Å². The van der Waals surface area contributed by atoms with E-state index in [-0.39, 0.29) is 11.9 Å². The van der Waals surface area contributed by atoms with Gasteiger partial charge in [0, 0.05) is 30.9 Å². The molecule has 6 heteroatoms. The fourth-order valence-corrected chi connectivity index (χ4v) is 3.19. The molecular weight excluding hydrogens is 302 g/mol. The molecular formula is C18H19N5O. The first-order valence-electron chi connectivity index (χ1n) is 8.19. The third-order valence-corrected chi connectivity index (χ3v) is 4.41. The van der Waals surface area contributed by atoms with Crippen LogP contribution in [0.3, 0.4) is 0 Å². The Morgan fingerprint density at radius 1 is 1.25 bits per heavy atom. The number of imidazole rings is 1. The normalized spacial score (nSPS) is 17.8. The predicted octanol–water partition coefficient (Wildman–Crippen LogP) is 2.36. The molecule has 122 valence electrons. The summed E-state index contributed by atoms with van der Waals surface area (Å²) in [5.41, 5.74) is 2.40. The molecule has 6 nitrogen and oxygen atoms in total. The molecule has 1 amide bonds. The molecule has 1 aliphatic rings. The number of anilines is 1. The number of carbonyl (C=O) groups is 1. The van der Waals surface area contributed by atoms with E-state index in [9.17, 15) is 4.79 Å². The standard InChI is InChI=1S/C18H19N5O/c24-18(13-6-7-15-16(10-13)21-12-20-15)22-14-4-3-9-23(11-14)17-5-1-2-8-19-17/h1-2,5-8,10,12,14H,3-4,9,11H2,(H,20,21)(H,22,24)/t14-/m1/s1. The molecule has 0 unspecified atom stereocenters. The van der Waals surface area contributed by atoms with Crippen molar-refractivity contribution in [3.05, 3.63) is 54.5 Å². The Hall–Kier alpha value is -2.89. The topological polar surface area (TPSA) is 73.9 Å². The molecule has 0 bridgehead atoms. The number of fused-ring (bicyclic) bond motifs is 1. The maximum atomic E-state index is 12.5. The fourth-order valence-electron chi connectivity index (χ4n) is 3.19. The van der Waals surface area contributed by atoms with Gasteiger partial charge in [-0.3, -0.25) is 4.79 Å². The molecule has 1 saturated heterocycles. The molecule has 3 heterocycles. The van der Waals surface area contributed by atoms with Crippen molar-refractivity contribution in [2.24, 2.45) is 0 Å². The van der Waals surface area contributed by atoms with Gasteiger partial charge in [0.1, 0.15) is 5.82 Å². The minimum absolute atomic E-state index is 0.0422. The zero-order chi connectivity index (χ0) is 16.4. The molecule has 0 radical (unpaired) electrons. The minimum Gasteiger partial charge on any atom is -0.355 e. The molecule has 1 atom stereocenters. The van der Waals surface area contributed by atoms with Gasteiger partial charge in [-0.05, 0) is 43.2 Å². The summed E-state index contributed by atoms with van der Waals surface area (Å²) in [6, 6.07) is 11.6. The van der Waals surface area contributed by atoms with Gasteiger partial charge in [-0.1, -0.05) is 6.07 Å². The summed E-state index contributed by atoms with van der Waals surface area (Å²) in [7, 11) is 0. The third kappa shape index (κ3) is 2.95. The molecule has 2 N–H and O–H groups in total. The zero-order valence-electron chi connectivity index (χ0n) is 13.3. The molecule has 3 aromatic rings. The lowest BCUT2D eigenvalue weighted by molar-refractivity contribution is 0.0933. The average Bonchev–Trinajstić information content (AvgIpc) is 3.10. The molecule has 0 spiro atoms. The summed E-state index contributed by atoms with van der Waals surface area (Å²) >= 11 is 0. The van der Waals surface area contributed by atoms with Crippen LogP contribution in [0.1, 0.15) is 23.2 Å². The number of carbonyl (C=O) groups excluding carboxylic acids is 1. The van der Waals surface area contributed by atoms with Crippen molar-refractivity contribution in [3.8, 4) is 0 Å². The van der Waals surface area contributed by atoms with Crippen LogP contribution >= 0.6 is 0 Å². The molecule has 0 saturated carbocycles. The minimum atomic E-state index is -0.0422. The maximum absolute atomic E-state index is 12.5. The first-order valence-corrected chi connectivity index (χ1v) is 8.19. The lowest BCUT2D eigenvalue weighted by atomic mass is 10.0. The Morgan fingerprint density at radius 3 is 3.08 bits per heavy atom. The summed E-state index contributed by atoms with van der Waals surface area (Å²) in [4.78, 5) is 26.4. The first-order chi connectivity index (χ1) is 11.8. The van der Waals surface area contributed by atoms with E-state index in [1.807, 2.05) is 36.4 Å². The number of benzene rings is 1. The Bertz CT molecular complexity index is 845. The third-order valence-electron chi connectivity index (χ3n) is 4.41. The van der Waals surface area contributed by atoms with E-state index >= 15 is 0 Å². The number of nitrogens with one attached hydrogen (secondary N) is 2. The van der Waals surface area contributed by atoms with E-state index in [4.69, 9.17) is 0 Å². The van der Waals surface area contributed by atoms with Crippen LogP contribution in [0.2, 0.25) is 0 Å². The van der Waals surface area contributed by atoms with Gasteiger partial charge in [0.2, 0.25) is 0 Å². The van der Waals surface area contributed by atoms with Crippen LogP contribution in [0, 0.1) is 0 Å². The summed E-state index contributed by atoms with van der Waals surface area (Å²) in [6.07, 6.45) is 5.47. The summed E-state index contributed by atoms with van der Waals surface area (Å²) in [6.45, 7) is 1.76. The first kappa shape index (κ1) is 14.7. The summed E-state index contributed by atoms with van der Waals surface area (Å²) < 4.78 is 0. The number of H-pyrrole nitrogens is 1. The number of piperidine rings is 1. The smallest absolute Gasteiger partial charge is 0.251 e. The highest BCUT2D eigenvalue weighted by atomic mass is 16.1. The molecule has 1 aromatic carbocycles. The lowest BCUT2D eigenvalue weighted by Crippen LogP contribution is -2.48. The Kier molecular flexibility index (Phi) is 3.86. The molecule has 4 rings (SSSR count). The van der Waals surface area contributed by atoms with Gasteiger partial charge < -0.3 is 15.2 Å². The lowest BCUT2D eigenvalue weighted by Gasteiger charge is -2.34. The SMILES string of the molecule is O=C(N[C@@H]1CCCN(c2ccccn2)C1)c1ccc2nc[nH]c2c1.